The Bertz CT molecular complexity index is 509. The number of hydrogen-bond acceptors (Lipinski definition) is 3. The maximum absolute atomic E-state index is 11.9. The molecular weight excluding hydrogens is 224 g/mol. The molecule has 0 aliphatic carbocycles. The van der Waals surface area contributed by atoms with Gasteiger partial charge in [0.05, 0.1) is 11.9 Å². The molecule has 2 N–H and O–H groups in total. The average Bonchev–Trinajstić information content (AvgIpc) is 2.15. The minimum Gasteiger partial charge on any atom is -0.368 e. The molecule has 88 valence electrons. The van der Waals surface area contributed by atoms with Crippen molar-refractivity contribution in [1.82, 2.24) is 4.72 Å². The average molecular weight is 240 g/mol. The molecule has 0 aromatic heterocycles. The molecule has 1 atom stereocenters. The standard InChI is InChI=1S/C11H16N2O2S/c1-7(2)11-12-9-6-8(3)4-5-10(9)16(14,15)13-11/h4-7,11-13H,1-3H3. The first-order valence-corrected chi connectivity index (χ1v) is 6.78. The third kappa shape index (κ3) is 1.92. The maximum Gasteiger partial charge on any atom is 0.244 e. The molecule has 2 rings (SSSR count). The topological polar surface area (TPSA) is 58.2 Å². The molecule has 1 aromatic rings. The van der Waals surface area contributed by atoms with Crippen LogP contribution in [-0.4, -0.2) is 14.6 Å². The number of sulfonamides is 1. The molecule has 16 heavy (non-hydrogen) atoms. The monoisotopic (exact) mass is 240 g/mol. The van der Waals surface area contributed by atoms with E-state index in [9.17, 15) is 8.42 Å². The summed E-state index contributed by atoms with van der Waals surface area (Å²) >= 11 is 0. The lowest BCUT2D eigenvalue weighted by atomic mass is 10.1. The summed E-state index contributed by atoms with van der Waals surface area (Å²) in [5.41, 5.74) is 1.74. The molecule has 0 saturated heterocycles. The highest BCUT2D eigenvalue weighted by Crippen LogP contribution is 2.28. The zero-order chi connectivity index (χ0) is 11.9. The van der Waals surface area contributed by atoms with Gasteiger partial charge in [-0.05, 0) is 30.5 Å². The van der Waals surface area contributed by atoms with E-state index in [0.717, 1.165) is 5.56 Å². The lowest BCUT2D eigenvalue weighted by molar-refractivity contribution is 0.477. The number of rotatable bonds is 1. The van der Waals surface area contributed by atoms with Gasteiger partial charge in [0.1, 0.15) is 4.90 Å². The summed E-state index contributed by atoms with van der Waals surface area (Å²) in [5, 5.41) is 3.20. The molecule has 0 bridgehead atoms. The number of anilines is 1. The molecule has 1 aliphatic rings. The van der Waals surface area contributed by atoms with Crippen LogP contribution in [0.25, 0.3) is 0 Å². The van der Waals surface area contributed by atoms with E-state index in [-0.39, 0.29) is 12.1 Å². The minimum atomic E-state index is -3.37. The number of hydrogen-bond donors (Lipinski definition) is 2. The lowest BCUT2D eigenvalue weighted by Crippen LogP contribution is -2.47. The van der Waals surface area contributed by atoms with Crippen LogP contribution < -0.4 is 10.0 Å². The molecule has 0 saturated carbocycles. The molecule has 0 amide bonds. The Balaban J connectivity index is 2.52. The van der Waals surface area contributed by atoms with Crippen molar-refractivity contribution >= 4 is 15.7 Å². The molecule has 4 nitrogen and oxygen atoms in total. The molecule has 1 unspecified atom stereocenters. The zero-order valence-electron chi connectivity index (χ0n) is 9.61. The van der Waals surface area contributed by atoms with Gasteiger partial charge in [0, 0.05) is 0 Å². The summed E-state index contributed by atoms with van der Waals surface area (Å²) in [6.07, 6.45) is -0.237. The fraction of sp³-hybridized carbons (Fsp3) is 0.455. The zero-order valence-corrected chi connectivity index (χ0v) is 10.4. The first-order chi connectivity index (χ1) is 7.40. The third-order valence-electron chi connectivity index (χ3n) is 2.68. The number of fused-ring (bicyclic) bond motifs is 1. The number of aryl methyl sites for hydroxylation is 1. The second kappa shape index (κ2) is 3.75. The highest BCUT2D eigenvalue weighted by atomic mass is 32.2. The normalized spacial score (nSPS) is 22.6. The van der Waals surface area contributed by atoms with Crippen molar-refractivity contribution < 1.29 is 8.42 Å². The lowest BCUT2D eigenvalue weighted by Gasteiger charge is -2.30. The van der Waals surface area contributed by atoms with E-state index >= 15 is 0 Å². The first kappa shape index (κ1) is 11.4. The Morgan fingerprint density at radius 3 is 2.62 bits per heavy atom. The van der Waals surface area contributed by atoms with E-state index in [1.54, 1.807) is 12.1 Å². The van der Waals surface area contributed by atoms with Gasteiger partial charge in [-0.2, -0.15) is 4.72 Å². The summed E-state index contributed by atoms with van der Waals surface area (Å²) in [6, 6.07) is 5.30. The predicted molar refractivity (Wildman–Crippen MR) is 63.7 cm³/mol. The Labute approximate surface area is 96.1 Å². The van der Waals surface area contributed by atoms with Crippen molar-refractivity contribution in [2.75, 3.05) is 5.32 Å². The van der Waals surface area contributed by atoms with Gasteiger partial charge in [0.15, 0.2) is 0 Å². The molecule has 0 radical (unpaired) electrons. The van der Waals surface area contributed by atoms with Gasteiger partial charge in [0.2, 0.25) is 10.0 Å². The van der Waals surface area contributed by atoms with Gasteiger partial charge in [-0.15, -0.1) is 0 Å². The van der Waals surface area contributed by atoms with Crippen molar-refractivity contribution in [1.29, 1.82) is 0 Å². The third-order valence-corrected chi connectivity index (χ3v) is 4.18. The van der Waals surface area contributed by atoms with Gasteiger partial charge < -0.3 is 5.32 Å². The minimum absolute atomic E-state index is 0.198. The van der Waals surface area contributed by atoms with Crippen LogP contribution in [0.15, 0.2) is 23.1 Å². The summed E-state index contributed by atoms with van der Waals surface area (Å²) in [7, 11) is -3.37. The fourth-order valence-electron chi connectivity index (χ4n) is 1.72. The van der Waals surface area contributed by atoms with E-state index in [2.05, 4.69) is 10.0 Å². The van der Waals surface area contributed by atoms with E-state index in [1.165, 1.54) is 0 Å². The molecule has 1 aliphatic heterocycles. The van der Waals surface area contributed by atoms with Gasteiger partial charge >= 0.3 is 0 Å². The second-order valence-electron chi connectivity index (χ2n) is 4.49. The summed E-state index contributed by atoms with van der Waals surface area (Å²) in [6.45, 7) is 5.89. The van der Waals surface area contributed by atoms with Gasteiger partial charge in [-0.3, -0.25) is 0 Å². The molecular formula is C11H16N2O2S. The smallest absolute Gasteiger partial charge is 0.244 e. The highest BCUT2D eigenvalue weighted by Gasteiger charge is 2.30. The molecule has 0 spiro atoms. The van der Waals surface area contributed by atoms with Crippen molar-refractivity contribution in [2.45, 2.75) is 31.8 Å². The van der Waals surface area contributed by atoms with Crippen LogP contribution in [0.3, 0.4) is 0 Å². The SMILES string of the molecule is Cc1ccc2c(c1)NC(C(C)C)NS2(=O)=O. The number of benzene rings is 1. The van der Waals surface area contributed by atoms with Crippen molar-refractivity contribution in [3.05, 3.63) is 23.8 Å². The molecule has 5 heteroatoms. The van der Waals surface area contributed by atoms with Crippen LogP contribution in [0.2, 0.25) is 0 Å². The summed E-state index contributed by atoms with van der Waals surface area (Å²) in [4.78, 5) is 0.329. The van der Waals surface area contributed by atoms with Crippen LogP contribution in [-0.2, 0) is 10.0 Å². The van der Waals surface area contributed by atoms with E-state index in [1.807, 2.05) is 26.8 Å². The van der Waals surface area contributed by atoms with Crippen LogP contribution in [0.4, 0.5) is 5.69 Å². The van der Waals surface area contributed by atoms with Gasteiger partial charge in [0.25, 0.3) is 0 Å². The van der Waals surface area contributed by atoms with Gasteiger partial charge in [-0.25, -0.2) is 8.42 Å². The highest BCUT2D eigenvalue weighted by molar-refractivity contribution is 7.89. The number of nitrogens with one attached hydrogen (secondary N) is 2. The Kier molecular flexibility index (Phi) is 2.67. The van der Waals surface area contributed by atoms with Crippen LogP contribution in [0, 0.1) is 12.8 Å². The largest absolute Gasteiger partial charge is 0.368 e. The van der Waals surface area contributed by atoms with Crippen molar-refractivity contribution in [2.24, 2.45) is 5.92 Å². The fourth-order valence-corrected chi connectivity index (χ4v) is 3.17. The predicted octanol–water partition coefficient (Wildman–Crippen LogP) is 1.68. The quantitative estimate of drug-likeness (QED) is 0.785. The van der Waals surface area contributed by atoms with Crippen LogP contribution in [0.5, 0.6) is 0 Å². The first-order valence-electron chi connectivity index (χ1n) is 5.29. The van der Waals surface area contributed by atoms with Crippen LogP contribution >= 0.6 is 0 Å². The Hall–Kier alpha value is -1.07. The molecule has 1 aromatic carbocycles. The summed E-state index contributed by atoms with van der Waals surface area (Å²) < 4.78 is 26.5. The maximum atomic E-state index is 11.9. The summed E-state index contributed by atoms with van der Waals surface area (Å²) in [5.74, 6) is 0.198. The van der Waals surface area contributed by atoms with Crippen molar-refractivity contribution in [3.8, 4) is 0 Å². The molecule has 1 heterocycles. The van der Waals surface area contributed by atoms with Crippen molar-refractivity contribution in [3.63, 3.8) is 0 Å². The van der Waals surface area contributed by atoms with Crippen LogP contribution in [0.1, 0.15) is 19.4 Å². The second-order valence-corrected chi connectivity index (χ2v) is 6.17. The Morgan fingerprint density at radius 1 is 1.31 bits per heavy atom. The molecule has 0 fully saturated rings. The van der Waals surface area contributed by atoms with E-state index in [4.69, 9.17) is 0 Å². The van der Waals surface area contributed by atoms with Gasteiger partial charge in [-0.1, -0.05) is 19.9 Å². The Morgan fingerprint density at radius 2 is 2.00 bits per heavy atom. The van der Waals surface area contributed by atoms with E-state index in [0.29, 0.717) is 10.6 Å². The van der Waals surface area contributed by atoms with E-state index < -0.39 is 10.0 Å².